The van der Waals surface area contributed by atoms with Crippen molar-refractivity contribution in [1.29, 1.82) is 0 Å². The molecule has 0 radical (unpaired) electrons. The molecule has 1 saturated heterocycles. The molecule has 7 nitrogen and oxygen atoms in total. The molecule has 148 valence electrons. The Labute approximate surface area is 164 Å². The topological polar surface area (TPSA) is 79.9 Å². The molecule has 0 aromatic heterocycles. The molecule has 1 aliphatic heterocycles. The number of carbonyl (C=O) groups is 2. The Hall–Kier alpha value is -3.22. The maximum Gasteiger partial charge on any atom is 0.319 e. The van der Waals surface area contributed by atoms with Gasteiger partial charge in [-0.2, -0.15) is 0 Å². The van der Waals surface area contributed by atoms with Crippen molar-refractivity contribution in [1.82, 2.24) is 5.32 Å². The van der Waals surface area contributed by atoms with Crippen molar-refractivity contribution >= 4 is 23.3 Å². The summed E-state index contributed by atoms with van der Waals surface area (Å²) in [5.74, 6) is 1.10. The average molecular weight is 383 g/mol. The molecule has 1 unspecified atom stereocenters. The van der Waals surface area contributed by atoms with Crippen molar-refractivity contribution in [2.24, 2.45) is 0 Å². The van der Waals surface area contributed by atoms with E-state index in [0.29, 0.717) is 23.7 Å². The van der Waals surface area contributed by atoms with Gasteiger partial charge in [0.15, 0.2) is 11.5 Å². The number of nitrogens with zero attached hydrogens (tertiary/aromatic N) is 1. The van der Waals surface area contributed by atoms with E-state index in [1.165, 1.54) is 0 Å². The lowest BCUT2D eigenvalue weighted by molar-refractivity contribution is -0.117. The first-order valence-electron chi connectivity index (χ1n) is 9.08. The molecule has 3 rings (SSSR count). The lowest BCUT2D eigenvalue weighted by Crippen LogP contribution is -2.39. The van der Waals surface area contributed by atoms with E-state index in [0.717, 1.165) is 16.8 Å². The number of anilines is 2. The quantitative estimate of drug-likeness (QED) is 0.831. The number of aryl methyl sites for hydroxylation is 2. The fraction of sp³-hybridized carbons (Fsp3) is 0.333. The number of methoxy groups -OCH3 is 2. The van der Waals surface area contributed by atoms with Crippen LogP contribution in [-0.4, -0.2) is 38.7 Å². The first-order chi connectivity index (χ1) is 13.4. The molecule has 1 heterocycles. The number of amides is 3. The van der Waals surface area contributed by atoms with Gasteiger partial charge in [-0.15, -0.1) is 0 Å². The molecule has 2 N–H and O–H groups in total. The number of nitrogens with one attached hydrogen (secondary N) is 2. The zero-order chi connectivity index (χ0) is 20.3. The van der Waals surface area contributed by atoms with Crippen LogP contribution in [0.3, 0.4) is 0 Å². The highest BCUT2D eigenvalue weighted by Crippen LogP contribution is 2.33. The Balaban J connectivity index is 1.65. The van der Waals surface area contributed by atoms with Crippen molar-refractivity contribution in [3.63, 3.8) is 0 Å². The summed E-state index contributed by atoms with van der Waals surface area (Å²) in [5, 5.41) is 5.72. The van der Waals surface area contributed by atoms with Gasteiger partial charge in [0.2, 0.25) is 5.91 Å². The van der Waals surface area contributed by atoms with Gasteiger partial charge in [0.05, 0.1) is 20.3 Å². The Kier molecular flexibility index (Phi) is 5.73. The number of carbonyl (C=O) groups excluding carboxylic acids is 2. The third kappa shape index (κ3) is 4.36. The van der Waals surface area contributed by atoms with Crippen LogP contribution in [0.5, 0.6) is 11.5 Å². The highest BCUT2D eigenvalue weighted by Gasteiger charge is 2.32. The van der Waals surface area contributed by atoms with Crippen molar-refractivity contribution in [2.75, 3.05) is 31.0 Å². The number of urea groups is 1. The van der Waals surface area contributed by atoms with E-state index >= 15 is 0 Å². The van der Waals surface area contributed by atoms with Crippen LogP contribution < -0.4 is 25.0 Å². The third-order valence-electron chi connectivity index (χ3n) is 4.62. The predicted molar refractivity (Wildman–Crippen MR) is 108 cm³/mol. The van der Waals surface area contributed by atoms with E-state index in [-0.39, 0.29) is 24.4 Å². The third-order valence-corrected chi connectivity index (χ3v) is 4.62. The molecule has 0 saturated carbocycles. The van der Waals surface area contributed by atoms with Crippen LogP contribution in [0.15, 0.2) is 36.4 Å². The van der Waals surface area contributed by atoms with Gasteiger partial charge in [0, 0.05) is 30.4 Å². The summed E-state index contributed by atoms with van der Waals surface area (Å²) < 4.78 is 10.5. The van der Waals surface area contributed by atoms with E-state index in [9.17, 15) is 9.59 Å². The highest BCUT2D eigenvalue weighted by molar-refractivity contribution is 5.98. The fourth-order valence-corrected chi connectivity index (χ4v) is 3.45. The van der Waals surface area contributed by atoms with Crippen molar-refractivity contribution in [2.45, 2.75) is 26.3 Å². The molecule has 2 aromatic rings. The van der Waals surface area contributed by atoms with Gasteiger partial charge in [-0.1, -0.05) is 6.07 Å². The summed E-state index contributed by atoms with van der Waals surface area (Å²) in [5.41, 5.74) is 3.59. The fourth-order valence-electron chi connectivity index (χ4n) is 3.45. The minimum Gasteiger partial charge on any atom is -0.493 e. The van der Waals surface area contributed by atoms with Crippen molar-refractivity contribution in [3.8, 4) is 11.5 Å². The van der Waals surface area contributed by atoms with Gasteiger partial charge >= 0.3 is 6.03 Å². The summed E-state index contributed by atoms with van der Waals surface area (Å²) in [6, 6.07) is 10.6. The number of rotatable bonds is 5. The Morgan fingerprint density at radius 2 is 1.71 bits per heavy atom. The van der Waals surface area contributed by atoms with E-state index in [1.807, 2.05) is 32.0 Å². The number of benzene rings is 2. The standard InChI is InChI=1S/C21H25N3O4/c1-13-7-14(2)9-15(8-13)22-21(26)23-16-10-20(25)24(12-16)17-5-6-18(27-3)19(11-17)28-4/h5-9,11,16H,10,12H2,1-4H3,(H2,22,23,26). The Morgan fingerprint density at radius 1 is 1.04 bits per heavy atom. The molecule has 0 spiro atoms. The normalized spacial score (nSPS) is 16.1. The molecule has 28 heavy (non-hydrogen) atoms. The SMILES string of the molecule is COc1ccc(N2CC(NC(=O)Nc3cc(C)cc(C)c3)CC2=O)cc1OC. The molecule has 0 bridgehead atoms. The molecule has 1 atom stereocenters. The zero-order valence-electron chi connectivity index (χ0n) is 16.5. The van der Waals surface area contributed by atoms with Crippen LogP contribution in [0.2, 0.25) is 0 Å². The van der Waals surface area contributed by atoms with E-state index in [2.05, 4.69) is 10.6 Å². The van der Waals surface area contributed by atoms with Crippen molar-refractivity contribution < 1.29 is 19.1 Å². The summed E-state index contributed by atoms with van der Waals surface area (Å²) in [6.07, 6.45) is 0.245. The predicted octanol–water partition coefficient (Wildman–Crippen LogP) is 3.25. The second-order valence-electron chi connectivity index (χ2n) is 6.92. The number of ether oxygens (including phenoxy) is 2. The minimum atomic E-state index is -0.322. The molecule has 2 aromatic carbocycles. The van der Waals surface area contributed by atoms with E-state index in [1.54, 1.807) is 37.3 Å². The van der Waals surface area contributed by atoms with Gasteiger partial charge < -0.3 is 25.0 Å². The van der Waals surface area contributed by atoms with Crippen LogP contribution >= 0.6 is 0 Å². The van der Waals surface area contributed by atoms with E-state index < -0.39 is 0 Å². The van der Waals surface area contributed by atoms with Crippen LogP contribution in [0.4, 0.5) is 16.2 Å². The smallest absolute Gasteiger partial charge is 0.319 e. The van der Waals surface area contributed by atoms with Gasteiger partial charge in [0.1, 0.15) is 0 Å². The van der Waals surface area contributed by atoms with Gasteiger partial charge in [-0.3, -0.25) is 4.79 Å². The summed E-state index contributed by atoms with van der Waals surface area (Å²) in [6.45, 7) is 4.36. The summed E-state index contributed by atoms with van der Waals surface area (Å²) in [7, 11) is 3.11. The second kappa shape index (κ2) is 8.21. The van der Waals surface area contributed by atoms with Gasteiger partial charge in [0.25, 0.3) is 0 Å². The maximum atomic E-state index is 12.5. The second-order valence-corrected chi connectivity index (χ2v) is 6.92. The maximum absolute atomic E-state index is 12.5. The van der Waals surface area contributed by atoms with Gasteiger partial charge in [-0.05, 0) is 49.2 Å². The lowest BCUT2D eigenvalue weighted by atomic mass is 10.1. The number of hydrogen-bond acceptors (Lipinski definition) is 4. The molecule has 3 amide bonds. The van der Waals surface area contributed by atoms with E-state index in [4.69, 9.17) is 9.47 Å². The van der Waals surface area contributed by atoms with Crippen LogP contribution in [0, 0.1) is 13.8 Å². The highest BCUT2D eigenvalue weighted by atomic mass is 16.5. The monoisotopic (exact) mass is 383 g/mol. The van der Waals surface area contributed by atoms with Crippen molar-refractivity contribution in [3.05, 3.63) is 47.5 Å². The Bertz CT molecular complexity index is 877. The molecule has 0 aliphatic carbocycles. The van der Waals surface area contributed by atoms with Crippen LogP contribution in [0.1, 0.15) is 17.5 Å². The minimum absolute atomic E-state index is 0.0519. The Morgan fingerprint density at radius 3 is 2.36 bits per heavy atom. The molecule has 1 aliphatic rings. The number of hydrogen-bond donors (Lipinski definition) is 2. The van der Waals surface area contributed by atoms with Gasteiger partial charge in [-0.25, -0.2) is 4.79 Å². The largest absolute Gasteiger partial charge is 0.493 e. The summed E-state index contributed by atoms with van der Waals surface area (Å²) >= 11 is 0. The van der Waals surface area contributed by atoms with Crippen LogP contribution in [-0.2, 0) is 4.79 Å². The first kappa shape index (κ1) is 19.5. The average Bonchev–Trinajstić information content (AvgIpc) is 3.00. The zero-order valence-corrected chi connectivity index (χ0v) is 16.5. The molecule has 1 fully saturated rings. The molecular weight excluding hydrogens is 358 g/mol. The summed E-state index contributed by atoms with van der Waals surface area (Å²) in [4.78, 5) is 26.4. The lowest BCUT2D eigenvalue weighted by Gasteiger charge is -2.19. The first-order valence-corrected chi connectivity index (χ1v) is 9.08. The van der Waals surface area contributed by atoms with Crippen LogP contribution in [0.25, 0.3) is 0 Å². The molecular formula is C21H25N3O4. The molecule has 7 heteroatoms.